The van der Waals surface area contributed by atoms with E-state index in [-0.39, 0.29) is 5.56 Å². The summed E-state index contributed by atoms with van der Waals surface area (Å²) in [6.07, 6.45) is 4.34. The van der Waals surface area contributed by atoms with Crippen molar-refractivity contribution in [3.63, 3.8) is 0 Å². The predicted molar refractivity (Wildman–Crippen MR) is 65.6 cm³/mol. The molecule has 0 aromatic carbocycles. The first kappa shape index (κ1) is 11.4. The van der Waals surface area contributed by atoms with E-state index in [0.29, 0.717) is 12.1 Å². The summed E-state index contributed by atoms with van der Waals surface area (Å²) >= 11 is 0. The van der Waals surface area contributed by atoms with Gasteiger partial charge < -0.3 is 4.98 Å². The zero-order valence-corrected chi connectivity index (χ0v) is 10.3. The maximum atomic E-state index is 11.2. The van der Waals surface area contributed by atoms with Crippen LogP contribution < -0.4 is 5.56 Å². The minimum absolute atomic E-state index is 0.00431. The third-order valence-electron chi connectivity index (χ3n) is 3.49. The van der Waals surface area contributed by atoms with Gasteiger partial charge in [-0.1, -0.05) is 0 Å². The maximum Gasteiger partial charge on any atom is 0.248 e. The SMILES string of the molecule is Cc1cc(=O)[nH]cc1C1CCCN1C(C)C. The number of aryl methyl sites for hydroxylation is 1. The van der Waals surface area contributed by atoms with Crippen molar-refractivity contribution in [2.45, 2.75) is 45.7 Å². The molecule has 1 aromatic rings. The smallest absolute Gasteiger partial charge is 0.248 e. The summed E-state index contributed by atoms with van der Waals surface area (Å²) in [7, 11) is 0. The molecule has 3 nitrogen and oxygen atoms in total. The molecule has 16 heavy (non-hydrogen) atoms. The molecule has 0 bridgehead atoms. The molecule has 3 heteroatoms. The third kappa shape index (κ3) is 2.05. The highest BCUT2D eigenvalue weighted by molar-refractivity contribution is 5.26. The fourth-order valence-corrected chi connectivity index (χ4v) is 2.68. The Labute approximate surface area is 96.5 Å². The van der Waals surface area contributed by atoms with Crippen molar-refractivity contribution in [3.05, 3.63) is 33.7 Å². The zero-order valence-electron chi connectivity index (χ0n) is 10.3. The van der Waals surface area contributed by atoms with Crippen LogP contribution in [0.5, 0.6) is 0 Å². The number of hydrogen-bond donors (Lipinski definition) is 1. The van der Waals surface area contributed by atoms with E-state index in [1.807, 2.05) is 13.1 Å². The molecule has 1 aliphatic rings. The Morgan fingerprint density at radius 3 is 2.88 bits per heavy atom. The number of hydrogen-bond acceptors (Lipinski definition) is 2. The van der Waals surface area contributed by atoms with Gasteiger partial charge in [-0.3, -0.25) is 9.69 Å². The number of aromatic amines is 1. The van der Waals surface area contributed by atoms with Crippen LogP contribution >= 0.6 is 0 Å². The quantitative estimate of drug-likeness (QED) is 0.829. The first-order valence-corrected chi connectivity index (χ1v) is 6.04. The topological polar surface area (TPSA) is 36.1 Å². The summed E-state index contributed by atoms with van der Waals surface area (Å²) in [5.74, 6) is 0. The molecule has 1 saturated heterocycles. The van der Waals surface area contributed by atoms with Crippen LogP contribution in [-0.4, -0.2) is 22.5 Å². The van der Waals surface area contributed by atoms with Gasteiger partial charge in [-0.15, -0.1) is 0 Å². The number of H-pyrrole nitrogens is 1. The number of nitrogens with one attached hydrogen (secondary N) is 1. The summed E-state index contributed by atoms with van der Waals surface area (Å²) in [5.41, 5.74) is 2.39. The Kier molecular flexibility index (Phi) is 3.15. The van der Waals surface area contributed by atoms with E-state index in [9.17, 15) is 4.79 Å². The van der Waals surface area contributed by atoms with Crippen LogP contribution in [0, 0.1) is 6.92 Å². The van der Waals surface area contributed by atoms with Gasteiger partial charge in [0.15, 0.2) is 0 Å². The first-order valence-electron chi connectivity index (χ1n) is 6.04. The molecule has 1 aromatic heterocycles. The summed E-state index contributed by atoms with van der Waals surface area (Å²) < 4.78 is 0. The summed E-state index contributed by atoms with van der Waals surface area (Å²) in [6.45, 7) is 7.67. The molecule has 0 radical (unpaired) electrons. The molecule has 1 unspecified atom stereocenters. The van der Waals surface area contributed by atoms with E-state index in [1.54, 1.807) is 6.07 Å². The molecule has 88 valence electrons. The van der Waals surface area contributed by atoms with E-state index in [0.717, 1.165) is 5.56 Å². The number of nitrogens with zero attached hydrogens (tertiary/aromatic N) is 1. The van der Waals surface area contributed by atoms with E-state index < -0.39 is 0 Å². The average Bonchev–Trinajstić information content (AvgIpc) is 2.66. The molecule has 1 atom stereocenters. The van der Waals surface area contributed by atoms with Crippen molar-refractivity contribution in [1.29, 1.82) is 0 Å². The largest absolute Gasteiger partial charge is 0.329 e. The van der Waals surface area contributed by atoms with Crippen LogP contribution in [0.4, 0.5) is 0 Å². The maximum absolute atomic E-state index is 11.2. The molecular formula is C13H20N2O. The van der Waals surface area contributed by atoms with Crippen molar-refractivity contribution in [2.75, 3.05) is 6.54 Å². The second-order valence-corrected chi connectivity index (χ2v) is 4.93. The molecule has 1 N–H and O–H groups in total. The van der Waals surface area contributed by atoms with Crippen LogP contribution in [0.1, 0.15) is 43.9 Å². The standard InChI is InChI=1S/C13H20N2O/c1-9(2)15-6-4-5-12(15)11-8-14-13(16)7-10(11)3/h7-9,12H,4-6H2,1-3H3,(H,14,16). The van der Waals surface area contributed by atoms with E-state index in [4.69, 9.17) is 0 Å². The fourth-order valence-electron chi connectivity index (χ4n) is 2.68. The Morgan fingerprint density at radius 1 is 1.50 bits per heavy atom. The van der Waals surface area contributed by atoms with Crippen LogP contribution in [0.25, 0.3) is 0 Å². The summed E-state index contributed by atoms with van der Waals surface area (Å²) in [4.78, 5) is 16.5. The van der Waals surface area contributed by atoms with Crippen molar-refractivity contribution in [2.24, 2.45) is 0 Å². The van der Waals surface area contributed by atoms with E-state index in [1.165, 1.54) is 24.9 Å². The van der Waals surface area contributed by atoms with Crippen molar-refractivity contribution in [3.8, 4) is 0 Å². The molecule has 2 rings (SSSR count). The number of rotatable bonds is 2. The van der Waals surface area contributed by atoms with Crippen molar-refractivity contribution < 1.29 is 0 Å². The lowest BCUT2D eigenvalue weighted by molar-refractivity contribution is 0.204. The van der Waals surface area contributed by atoms with Crippen LogP contribution in [0.15, 0.2) is 17.1 Å². The summed E-state index contributed by atoms with van der Waals surface area (Å²) in [6, 6.07) is 2.75. The van der Waals surface area contributed by atoms with Crippen LogP contribution in [0.2, 0.25) is 0 Å². The number of likely N-dealkylation sites (tertiary alicyclic amines) is 1. The Hall–Kier alpha value is -1.09. The molecule has 1 fully saturated rings. The first-order chi connectivity index (χ1) is 7.59. The van der Waals surface area contributed by atoms with Crippen molar-refractivity contribution in [1.82, 2.24) is 9.88 Å². The molecule has 0 spiro atoms. The van der Waals surface area contributed by atoms with Gasteiger partial charge in [0, 0.05) is 24.3 Å². The predicted octanol–water partition coefficient (Wildman–Crippen LogP) is 2.23. The Balaban J connectivity index is 2.33. The molecule has 2 heterocycles. The van der Waals surface area contributed by atoms with E-state index in [2.05, 4.69) is 23.7 Å². The van der Waals surface area contributed by atoms with Gasteiger partial charge in [-0.25, -0.2) is 0 Å². The van der Waals surface area contributed by atoms with Crippen molar-refractivity contribution >= 4 is 0 Å². The minimum Gasteiger partial charge on any atom is -0.329 e. The van der Waals surface area contributed by atoms with Gasteiger partial charge in [-0.2, -0.15) is 0 Å². The van der Waals surface area contributed by atoms with Gasteiger partial charge >= 0.3 is 0 Å². The average molecular weight is 220 g/mol. The highest BCUT2D eigenvalue weighted by Gasteiger charge is 2.28. The summed E-state index contributed by atoms with van der Waals surface area (Å²) in [5, 5.41) is 0. The third-order valence-corrected chi connectivity index (χ3v) is 3.49. The lowest BCUT2D eigenvalue weighted by Crippen LogP contribution is -2.31. The molecule has 0 saturated carbocycles. The minimum atomic E-state index is -0.00431. The molecular weight excluding hydrogens is 200 g/mol. The monoisotopic (exact) mass is 220 g/mol. The molecule has 1 aliphatic heterocycles. The lowest BCUT2D eigenvalue weighted by Gasteiger charge is -2.29. The highest BCUT2D eigenvalue weighted by Crippen LogP contribution is 2.34. The number of aromatic nitrogens is 1. The van der Waals surface area contributed by atoms with E-state index >= 15 is 0 Å². The Morgan fingerprint density at radius 2 is 2.25 bits per heavy atom. The van der Waals surface area contributed by atoms with Crippen LogP contribution in [-0.2, 0) is 0 Å². The van der Waals surface area contributed by atoms with Gasteiger partial charge in [0.25, 0.3) is 0 Å². The molecule has 0 aliphatic carbocycles. The second-order valence-electron chi connectivity index (χ2n) is 4.93. The normalized spacial score (nSPS) is 21.9. The number of pyridine rings is 1. The van der Waals surface area contributed by atoms with Gasteiger partial charge in [0.1, 0.15) is 0 Å². The zero-order chi connectivity index (χ0) is 11.7. The Bertz CT molecular complexity index is 422. The van der Waals surface area contributed by atoms with Gasteiger partial charge in [0.05, 0.1) is 0 Å². The lowest BCUT2D eigenvalue weighted by atomic mass is 10.0. The fraction of sp³-hybridized carbons (Fsp3) is 0.615. The highest BCUT2D eigenvalue weighted by atomic mass is 16.1. The van der Waals surface area contributed by atoms with Gasteiger partial charge in [0.2, 0.25) is 5.56 Å². The van der Waals surface area contributed by atoms with Gasteiger partial charge in [-0.05, 0) is 51.3 Å². The molecule has 0 amide bonds. The van der Waals surface area contributed by atoms with Crippen LogP contribution in [0.3, 0.4) is 0 Å². The second kappa shape index (κ2) is 4.42.